The van der Waals surface area contributed by atoms with Gasteiger partial charge in [-0.2, -0.15) is 0 Å². The molecule has 3 heteroatoms. The van der Waals surface area contributed by atoms with Crippen molar-refractivity contribution in [3.63, 3.8) is 0 Å². The number of aliphatic hydroxyl groups is 1. The minimum absolute atomic E-state index is 0.0179. The van der Waals surface area contributed by atoms with Gasteiger partial charge in [-0.1, -0.05) is 34.1 Å². The number of benzene rings is 1. The van der Waals surface area contributed by atoms with Crippen LogP contribution in [0.2, 0.25) is 0 Å². The smallest absolute Gasteiger partial charge is 0.0448 e. The molecule has 0 aliphatic rings. The number of halogens is 1. The molecule has 1 N–H and O–H groups in total. The van der Waals surface area contributed by atoms with Gasteiger partial charge in [-0.3, -0.25) is 4.90 Å². The van der Waals surface area contributed by atoms with Crippen LogP contribution in [0.15, 0.2) is 28.7 Å². The molecule has 1 rings (SSSR count). The Labute approximate surface area is 106 Å². The van der Waals surface area contributed by atoms with Gasteiger partial charge < -0.3 is 5.11 Å². The maximum atomic E-state index is 9.04. The highest BCUT2D eigenvalue weighted by atomic mass is 79.9. The van der Waals surface area contributed by atoms with Crippen LogP contribution in [0.25, 0.3) is 0 Å². The lowest BCUT2D eigenvalue weighted by molar-refractivity contribution is 0.110. The third kappa shape index (κ3) is 3.58. The van der Waals surface area contributed by atoms with Gasteiger partial charge in [-0.25, -0.2) is 0 Å². The summed E-state index contributed by atoms with van der Waals surface area (Å²) in [7, 11) is 2.09. The Kier molecular flexibility index (Phi) is 4.96. The summed E-state index contributed by atoms with van der Waals surface area (Å²) < 4.78 is 1.14. The first-order valence-corrected chi connectivity index (χ1v) is 6.32. The predicted octanol–water partition coefficient (Wildman–Crippen LogP) is 3.04. The van der Waals surface area contributed by atoms with Crippen molar-refractivity contribution in [2.24, 2.45) is 0 Å². The van der Waals surface area contributed by atoms with E-state index in [0.717, 1.165) is 17.4 Å². The molecule has 0 aliphatic carbocycles. The topological polar surface area (TPSA) is 23.5 Å². The van der Waals surface area contributed by atoms with Crippen molar-refractivity contribution in [1.82, 2.24) is 4.90 Å². The first-order chi connectivity index (χ1) is 7.47. The molecule has 0 aromatic heterocycles. The Morgan fingerprint density at radius 3 is 2.50 bits per heavy atom. The van der Waals surface area contributed by atoms with Gasteiger partial charge in [0, 0.05) is 23.2 Å². The molecule has 0 atom stereocenters. The minimum atomic E-state index is 0.0179. The molecular weight excluding hydrogens is 266 g/mol. The lowest BCUT2D eigenvalue weighted by Crippen LogP contribution is -2.41. The zero-order valence-electron chi connectivity index (χ0n) is 10.2. The quantitative estimate of drug-likeness (QED) is 0.899. The van der Waals surface area contributed by atoms with Crippen molar-refractivity contribution >= 4 is 15.9 Å². The van der Waals surface area contributed by atoms with Crippen LogP contribution in [-0.2, 0) is 6.54 Å². The van der Waals surface area contributed by atoms with Crippen molar-refractivity contribution in [1.29, 1.82) is 0 Å². The second kappa shape index (κ2) is 5.80. The monoisotopic (exact) mass is 285 g/mol. The fourth-order valence-corrected chi connectivity index (χ4v) is 1.97. The van der Waals surface area contributed by atoms with Crippen molar-refractivity contribution in [3.05, 3.63) is 34.3 Å². The van der Waals surface area contributed by atoms with E-state index in [9.17, 15) is 0 Å². The first kappa shape index (κ1) is 13.7. The first-order valence-electron chi connectivity index (χ1n) is 5.53. The molecule has 0 bridgehead atoms. The summed E-state index contributed by atoms with van der Waals surface area (Å²) >= 11 is 3.55. The average Bonchev–Trinajstić information content (AvgIpc) is 2.21. The highest BCUT2D eigenvalue weighted by Gasteiger charge is 2.23. The molecule has 16 heavy (non-hydrogen) atoms. The molecule has 0 saturated heterocycles. The summed E-state index contributed by atoms with van der Waals surface area (Å²) in [6.07, 6.45) is 0.786. The van der Waals surface area contributed by atoms with E-state index in [2.05, 4.69) is 53.9 Å². The van der Waals surface area contributed by atoms with E-state index in [4.69, 9.17) is 5.11 Å². The Hall–Kier alpha value is -0.380. The Bertz CT molecular complexity index is 338. The van der Waals surface area contributed by atoms with Crippen LogP contribution in [0.5, 0.6) is 0 Å². The van der Waals surface area contributed by atoms with Crippen LogP contribution < -0.4 is 0 Å². The Morgan fingerprint density at radius 1 is 1.31 bits per heavy atom. The lowest BCUT2D eigenvalue weighted by atomic mass is 9.98. The van der Waals surface area contributed by atoms with Crippen LogP contribution in [0, 0.1) is 0 Å². The van der Waals surface area contributed by atoms with E-state index in [1.54, 1.807) is 0 Å². The number of nitrogens with zero attached hydrogens (tertiary/aromatic N) is 1. The van der Waals surface area contributed by atoms with E-state index in [1.165, 1.54) is 5.56 Å². The summed E-state index contributed by atoms with van der Waals surface area (Å²) in [5, 5.41) is 9.04. The van der Waals surface area contributed by atoms with Gasteiger partial charge in [-0.15, -0.1) is 0 Å². The molecule has 0 fully saturated rings. The third-order valence-electron chi connectivity index (χ3n) is 3.12. The van der Waals surface area contributed by atoms with Crippen LogP contribution in [0.1, 0.15) is 25.8 Å². The predicted molar refractivity (Wildman–Crippen MR) is 71.4 cm³/mol. The van der Waals surface area contributed by atoms with Gasteiger partial charge in [-0.05, 0) is 38.9 Å². The van der Waals surface area contributed by atoms with Crippen LogP contribution in [0.3, 0.4) is 0 Å². The van der Waals surface area contributed by atoms with Gasteiger partial charge in [0.05, 0.1) is 0 Å². The van der Waals surface area contributed by atoms with E-state index in [-0.39, 0.29) is 12.1 Å². The van der Waals surface area contributed by atoms with Gasteiger partial charge >= 0.3 is 0 Å². The van der Waals surface area contributed by atoms with Gasteiger partial charge in [0.1, 0.15) is 0 Å². The molecule has 0 spiro atoms. The van der Waals surface area contributed by atoms with Crippen LogP contribution in [-0.4, -0.2) is 29.2 Å². The Balaban J connectivity index is 2.71. The van der Waals surface area contributed by atoms with Crippen molar-refractivity contribution in [3.8, 4) is 0 Å². The molecule has 1 aromatic rings. The normalized spacial score (nSPS) is 12.1. The average molecular weight is 286 g/mol. The Morgan fingerprint density at radius 2 is 1.94 bits per heavy atom. The fraction of sp³-hybridized carbons (Fsp3) is 0.538. The third-order valence-corrected chi connectivity index (χ3v) is 3.90. The van der Waals surface area contributed by atoms with Gasteiger partial charge in [0.25, 0.3) is 0 Å². The highest BCUT2D eigenvalue weighted by Crippen LogP contribution is 2.23. The van der Waals surface area contributed by atoms with Gasteiger partial charge in [0.15, 0.2) is 0 Å². The summed E-state index contributed by atoms with van der Waals surface area (Å²) in [5.41, 5.74) is 1.29. The molecule has 0 unspecified atom stereocenters. The second-order valence-corrected chi connectivity index (χ2v) is 5.59. The summed E-state index contributed by atoms with van der Waals surface area (Å²) in [6.45, 7) is 5.42. The van der Waals surface area contributed by atoms with Crippen molar-refractivity contribution in [2.45, 2.75) is 32.4 Å². The molecule has 90 valence electrons. The van der Waals surface area contributed by atoms with E-state index in [0.29, 0.717) is 0 Å². The largest absolute Gasteiger partial charge is 0.396 e. The van der Waals surface area contributed by atoms with Crippen LogP contribution in [0.4, 0.5) is 0 Å². The molecule has 1 aromatic carbocycles. The molecule has 0 radical (unpaired) electrons. The zero-order valence-corrected chi connectivity index (χ0v) is 11.8. The van der Waals surface area contributed by atoms with E-state index >= 15 is 0 Å². The molecule has 0 heterocycles. The number of hydrogen-bond acceptors (Lipinski definition) is 2. The number of aliphatic hydroxyl groups excluding tert-OH is 1. The molecule has 2 nitrogen and oxygen atoms in total. The zero-order chi connectivity index (χ0) is 12.2. The maximum absolute atomic E-state index is 9.04. The summed E-state index contributed by atoms with van der Waals surface area (Å²) in [5.74, 6) is 0. The maximum Gasteiger partial charge on any atom is 0.0448 e. The molecule has 0 aliphatic heterocycles. The summed E-state index contributed by atoms with van der Waals surface area (Å²) in [6, 6.07) is 8.25. The molecule has 0 saturated carbocycles. The number of hydrogen-bond donors (Lipinski definition) is 1. The number of rotatable bonds is 5. The standard InChI is InChI=1S/C13H20BrNO/c1-13(2,8-9-16)15(3)10-11-6-4-5-7-12(11)14/h4-7,16H,8-10H2,1-3H3. The highest BCUT2D eigenvalue weighted by molar-refractivity contribution is 9.10. The van der Waals surface area contributed by atoms with E-state index < -0.39 is 0 Å². The fourth-order valence-electron chi connectivity index (χ4n) is 1.56. The van der Waals surface area contributed by atoms with Gasteiger partial charge in [0.2, 0.25) is 0 Å². The molecule has 0 amide bonds. The van der Waals surface area contributed by atoms with Crippen molar-refractivity contribution < 1.29 is 5.11 Å². The molecular formula is C13H20BrNO. The van der Waals surface area contributed by atoms with Crippen LogP contribution >= 0.6 is 15.9 Å². The summed E-state index contributed by atoms with van der Waals surface area (Å²) in [4.78, 5) is 2.27. The second-order valence-electron chi connectivity index (χ2n) is 4.73. The minimum Gasteiger partial charge on any atom is -0.396 e. The lowest BCUT2D eigenvalue weighted by Gasteiger charge is -2.35. The van der Waals surface area contributed by atoms with Crippen molar-refractivity contribution in [2.75, 3.05) is 13.7 Å². The SMILES string of the molecule is CN(Cc1ccccc1Br)C(C)(C)CCO. The van der Waals surface area contributed by atoms with E-state index in [1.807, 2.05) is 12.1 Å².